The van der Waals surface area contributed by atoms with E-state index in [1.165, 1.54) is 7.11 Å². The predicted molar refractivity (Wildman–Crippen MR) is 113 cm³/mol. The van der Waals surface area contributed by atoms with Crippen LogP contribution in [-0.4, -0.2) is 51.6 Å². The number of methoxy groups -OCH3 is 3. The zero-order valence-electron chi connectivity index (χ0n) is 18.2. The normalized spacial score (nSPS) is 14.7. The molecule has 8 nitrogen and oxygen atoms in total. The summed E-state index contributed by atoms with van der Waals surface area (Å²) in [5, 5.41) is 8.50. The van der Waals surface area contributed by atoms with Gasteiger partial charge < -0.3 is 28.8 Å². The monoisotopic (exact) mass is 432 g/mol. The van der Waals surface area contributed by atoms with E-state index < -0.39 is 12.6 Å². The molecule has 2 aromatic carbocycles. The van der Waals surface area contributed by atoms with Crippen LogP contribution in [0.5, 0.6) is 23.0 Å². The van der Waals surface area contributed by atoms with Crippen LogP contribution >= 0.6 is 0 Å². The molecule has 0 aliphatic carbocycles. The number of benzene rings is 2. The molecule has 168 valence electrons. The molecule has 1 aliphatic heterocycles. The molecule has 1 heterocycles. The zero-order chi connectivity index (χ0) is 22.8. The molecule has 1 saturated heterocycles. The van der Waals surface area contributed by atoms with Crippen LogP contribution in [0.2, 0.25) is 0 Å². The SMILES string of the molecule is COc1cc(C)ccc1OC(=O)CO.COc1ccc(CC2COC(=O)C2)cc1OC. The van der Waals surface area contributed by atoms with E-state index in [-0.39, 0.29) is 11.9 Å². The van der Waals surface area contributed by atoms with E-state index in [1.807, 2.05) is 25.1 Å². The highest BCUT2D eigenvalue weighted by Gasteiger charge is 2.24. The molecule has 0 radical (unpaired) electrons. The van der Waals surface area contributed by atoms with Crippen LogP contribution in [0, 0.1) is 12.8 Å². The fraction of sp³-hybridized carbons (Fsp3) is 0.391. The Morgan fingerprint density at radius 3 is 2.23 bits per heavy atom. The first-order valence-electron chi connectivity index (χ1n) is 9.72. The lowest BCUT2D eigenvalue weighted by Gasteiger charge is -2.11. The number of carbonyl (C=O) groups excluding carboxylic acids is 2. The molecule has 0 aromatic heterocycles. The maximum Gasteiger partial charge on any atom is 0.337 e. The summed E-state index contributed by atoms with van der Waals surface area (Å²) in [5.74, 6) is 1.71. The number of aryl methyl sites for hydroxylation is 1. The number of ether oxygens (including phenoxy) is 5. The third-order valence-electron chi connectivity index (χ3n) is 4.58. The van der Waals surface area contributed by atoms with Crippen molar-refractivity contribution in [3.05, 3.63) is 47.5 Å². The third kappa shape index (κ3) is 7.18. The summed E-state index contributed by atoms with van der Waals surface area (Å²) in [6.45, 7) is 1.78. The minimum Gasteiger partial charge on any atom is -0.493 e. The van der Waals surface area contributed by atoms with Gasteiger partial charge in [0.2, 0.25) is 0 Å². The molecule has 0 amide bonds. The summed E-state index contributed by atoms with van der Waals surface area (Å²) in [4.78, 5) is 21.8. The fourth-order valence-electron chi connectivity index (χ4n) is 3.05. The molecule has 8 heteroatoms. The van der Waals surface area contributed by atoms with Gasteiger partial charge in [0.05, 0.1) is 34.4 Å². The Balaban J connectivity index is 0.000000225. The lowest BCUT2D eigenvalue weighted by atomic mass is 9.98. The van der Waals surface area contributed by atoms with Gasteiger partial charge in [-0.1, -0.05) is 12.1 Å². The van der Waals surface area contributed by atoms with Gasteiger partial charge in [0.15, 0.2) is 23.0 Å². The molecule has 1 fully saturated rings. The predicted octanol–water partition coefficient (Wildman–Crippen LogP) is 2.71. The number of hydrogen-bond acceptors (Lipinski definition) is 8. The number of cyclic esters (lactones) is 1. The quantitative estimate of drug-likeness (QED) is 0.527. The Morgan fingerprint density at radius 2 is 1.65 bits per heavy atom. The molecule has 1 unspecified atom stereocenters. The number of carbonyl (C=O) groups is 2. The summed E-state index contributed by atoms with van der Waals surface area (Å²) in [6, 6.07) is 11.0. The second-order valence-corrected chi connectivity index (χ2v) is 6.93. The molecule has 0 spiro atoms. The topological polar surface area (TPSA) is 101 Å². The van der Waals surface area contributed by atoms with Crippen molar-refractivity contribution in [2.75, 3.05) is 34.5 Å². The molecular weight excluding hydrogens is 404 g/mol. The Morgan fingerprint density at radius 1 is 1.00 bits per heavy atom. The minimum atomic E-state index is -0.702. The number of aliphatic hydroxyl groups excluding tert-OH is 1. The van der Waals surface area contributed by atoms with Gasteiger partial charge in [-0.05, 0) is 48.7 Å². The number of esters is 2. The maximum atomic E-state index is 11.0. The van der Waals surface area contributed by atoms with Crippen molar-refractivity contribution >= 4 is 11.9 Å². The molecule has 3 rings (SSSR count). The van der Waals surface area contributed by atoms with E-state index in [9.17, 15) is 9.59 Å². The summed E-state index contributed by atoms with van der Waals surface area (Å²) < 4.78 is 25.2. The molecule has 1 N–H and O–H groups in total. The second kappa shape index (κ2) is 11.8. The highest BCUT2D eigenvalue weighted by Crippen LogP contribution is 2.30. The number of rotatable bonds is 7. The third-order valence-corrected chi connectivity index (χ3v) is 4.58. The standard InChI is InChI=1S/C13H16O4.C10H12O4/c1-15-11-4-3-9(6-12(11)16-2)5-10-7-13(14)17-8-10;1-7-3-4-8(9(5-7)13-2)14-10(12)6-11/h3-4,6,10H,5,7-8H2,1-2H3;3-5,11H,6H2,1-2H3. The Bertz CT molecular complexity index is 893. The molecule has 31 heavy (non-hydrogen) atoms. The van der Waals surface area contributed by atoms with Gasteiger partial charge >= 0.3 is 11.9 Å². The molecule has 0 bridgehead atoms. The number of hydrogen-bond donors (Lipinski definition) is 1. The fourth-order valence-corrected chi connectivity index (χ4v) is 3.05. The molecule has 2 aromatic rings. The lowest BCUT2D eigenvalue weighted by Crippen LogP contribution is -2.12. The highest BCUT2D eigenvalue weighted by atomic mass is 16.6. The van der Waals surface area contributed by atoms with Crippen LogP contribution < -0.4 is 18.9 Å². The first-order valence-corrected chi connectivity index (χ1v) is 9.72. The van der Waals surface area contributed by atoms with Crippen molar-refractivity contribution in [1.82, 2.24) is 0 Å². The van der Waals surface area contributed by atoms with Crippen LogP contribution in [0.4, 0.5) is 0 Å². The summed E-state index contributed by atoms with van der Waals surface area (Å²) in [6.07, 6.45) is 1.33. The van der Waals surface area contributed by atoms with E-state index >= 15 is 0 Å². The second-order valence-electron chi connectivity index (χ2n) is 6.93. The van der Waals surface area contributed by atoms with E-state index in [0.29, 0.717) is 24.5 Å². The Labute approximate surface area is 181 Å². The largest absolute Gasteiger partial charge is 0.493 e. The van der Waals surface area contributed by atoms with Crippen LogP contribution in [0.15, 0.2) is 36.4 Å². The lowest BCUT2D eigenvalue weighted by molar-refractivity contribution is -0.138. The van der Waals surface area contributed by atoms with Crippen LogP contribution in [-0.2, 0) is 20.7 Å². The number of aliphatic hydroxyl groups is 1. The van der Waals surface area contributed by atoms with Crippen LogP contribution in [0.3, 0.4) is 0 Å². The first kappa shape index (κ1) is 24.0. The molecule has 1 atom stereocenters. The van der Waals surface area contributed by atoms with E-state index in [1.54, 1.807) is 32.4 Å². The van der Waals surface area contributed by atoms with Crippen molar-refractivity contribution < 1.29 is 38.4 Å². The Hall–Kier alpha value is -3.26. The van der Waals surface area contributed by atoms with Gasteiger partial charge in [0, 0.05) is 5.92 Å². The van der Waals surface area contributed by atoms with Gasteiger partial charge in [0.1, 0.15) is 6.61 Å². The van der Waals surface area contributed by atoms with Crippen molar-refractivity contribution in [1.29, 1.82) is 0 Å². The van der Waals surface area contributed by atoms with E-state index in [4.69, 9.17) is 28.8 Å². The summed E-state index contributed by atoms with van der Waals surface area (Å²) in [7, 11) is 4.72. The van der Waals surface area contributed by atoms with Gasteiger partial charge in [-0.3, -0.25) is 4.79 Å². The van der Waals surface area contributed by atoms with Crippen LogP contribution in [0.1, 0.15) is 17.5 Å². The smallest absolute Gasteiger partial charge is 0.337 e. The van der Waals surface area contributed by atoms with E-state index in [2.05, 4.69) is 0 Å². The van der Waals surface area contributed by atoms with Gasteiger partial charge in [-0.15, -0.1) is 0 Å². The van der Waals surface area contributed by atoms with Gasteiger partial charge in [0.25, 0.3) is 0 Å². The average molecular weight is 432 g/mol. The van der Waals surface area contributed by atoms with Crippen molar-refractivity contribution in [3.8, 4) is 23.0 Å². The van der Waals surface area contributed by atoms with E-state index in [0.717, 1.165) is 29.0 Å². The molecular formula is C23H28O8. The van der Waals surface area contributed by atoms with Crippen LogP contribution in [0.25, 0.3) is 0 Å². The highest BCUT2D eigenvalue weighted by molar-refractivity contribution is 5.74. The minimum absolute atomic E-state index is 0.101. The zero-order valence-corrected chi connectivity index (χ0v) is 18.2. The maximum absolute atomic E-state index is 11.0. The first-order chi connectivity index (χ1) is 14.9. The average Bonchev–Trinajstić information content (AvgIpc) is 3.19. The molecule has 0 saturated carbocycles. The van der Waals surface area contributed by atoms with Crippen molar-refractivity contribution in [2.24, 2.45) is 5.92 Å². The van der Waals surface area contributed by atoms with Crippen molar-refractivity contribution in [2.45, 2.75) is 19.8 Å². The van der Waals surface area contributed by atoms with Gasteiger partial charge in [-0.25, -0.2) is 4.79 Å². The summed E-state index contributed by atoms with van der Waals surface area (Å²) >= 11 is 0. The van der Waals surface area contributed by atoms with Gasteiger partial charge in [-0.2, -0.15) is 0 Å². The molecule has 1 aliphatic rings. The summed E-state index contributed by atoms with van der Waals surface area (Å²) in [5.41, 5.74) is 2.14. The van der Waals surface area contributed by atoms with Crippen molar-refractivity contribution in [3.63, 3.8) is 0 Å². The Kier molecular flexibility index (Phi) is 9.14.